The van der Waals surface area contributed by atoms with Crippen LogP contribution in [0, 0.1) is 0 Å². The molecule has 0 spiro atoms. The first-order valence-electron chi connectivity index (χ1n) is 7.37. The number of hydrogen-bond acceptors (Lipinski definition) is 4. The van der Waals surface area contributed by atoms with Crippen molar-refractivity contribution in [2.75, 3.05) is 25.5 Å². The van der Waals surface area contributed by atoms with Gasteiger partial charge in [-0.25, -0.2) is 9.98 Å². The van der Waals surface area contributed by atoms with Crippen LogP contribution in [-0.2, 0) is 13.1 Å². The predicted octanol–water partition coefficient (Wildman–Crippen LogP) is 2.46. The average Bonchev–Trinajstić information content (AvgIpc) is 3.03. The fraction of sp³-hybridized carbons (Fsp3) is 0.375. The van der Waals surface area contributed by atoms with Crippen LogP contribution < -0.4 is 15.5 Å². The first-order valence-corrected chi connectivity index (χ1v) is 8.25. The van der Waals surface area contributed by atoms with E-state index in [9.17, 15) is 0 Å². The number of guanidine groups is 1. The molecule has 6 heteroatoms. The van der Waals surface area contributed by atoms with Gasteiger partial charge in [-0.3, -0.25) is 0 Å². The number of thiophene rings is 1. The second-order valence-corrected chi connectivity index (χ2v) is 6.04. The lowest BCUT2D eigenvalue weighted by Gasteiger charge is -2.12. The maximum atomic E-state index is 4.60. The van der Waals surface area contributed by atoms with Gasteiger partial charge in [0.05, 0.1) is 18.8 Å². The summed E-state index contributed by atoms with van der Waals surface area (Å²) in [5.74, 6) is 1.76. The summed E-state index contributed by atoms with van der Waals surface area (Å²) >= 11 is 1.74. The zero-order valence-corrected chi connectivity index (χ0v) is 14.2. The Morgan fingerprint density at radius 1 is 1.23 bits per heavy atom. The Hall–Kier alpha value is -2.08. The maximum Gasteiger partial charge on any atom is 0.191 e. The van der Waals surface area contributed by atoms with E-state index in [1.54, 1.807) is 11.3 Å². The monoisotopic (exact) mass is 317 g/mol. The van der Waals surface area contributed by atoms with Crippen molar-refractivity contribution in [3.05, 3.63) is 46.3 Å². The highest BCUT2D eigenvalue weighted by Gasteiger charge is 2.01. The number of hydrogen-bond donors (Lipinski definition) is 2. The van der Waals surface area contributed by atoms with Gasteiger partial charge in [0.25, 0.3) is 0 Å². The number of nitrogens with zero attached hydrogens (tertiary/aromatic N) is 3. The highest BCUT2D eigenvalue weighted by molar-refractivity contribution is 7.09. The van der Waals surface area contributed by atoms with Gasteiger partial charge in [-0.15, -0.1) is 11.3 Å². The van der Waals surface area contributed by atoms with Crippen molar-refractivity contribution < 1.29 is 0 Å². The summed E-state index contributed by atoms with van der Waals surface area (Å²) in [6.45, 7) is 4.24. The summed E-state index contributed by atoms with van der Waals surface area (Å²) in [6.07, 6.45) is 0. The molecule has 0 atom stereocenters. The van der Waals surface area contributed by atoms with Crippen LogP contribution in [0.5, 0.6) is 0 Å². The van der Waals surface area contributed by atoms with Crippen LogP contribution in [0.25, 0.3) is 0 Å². The average molecular weight is 317 g/mol. The van der Waals surface area contributed by atoms with Gasteiger partial charge < -0.3 is 15.5 Å². The summed E-state index contributed by atoms with van der Waals surface area (Å²) in [5, 5.41) is 8.68. The summed E-state index contributed by atoms with van der Waals surface area (Å²) in [5.41, 5.74) is 0.958. The van der Waals surface area contributed by atoms with Crippen LogP contribution in [0.15, 0.2) is 40.7 Å². The van der Waals surface area contributed by atoms with Gasteiger partial charge in [0.15, 0.2) is 5.96 Å². The largest absolute Gasteiger partial charge is 0.363 e. The van der Waals surface area contributed by atoms with Crippen molar-refractivity contribution in [2.24, 2.45) is 4.99 Å². The third-order valence-corrected chi connectivity index (χ3v) is 3.88. The number of anilines is 1. The molecule has 2 N–H and O–H groups in total. The summed E-state index contributed by atoms with van der Waals surface area (Å²) in [6, 6.07) is 10.2. The van der Waals surface area contributed by atoms with E-state index in [-0.39, 0.29) is 0 Å². The van der Waals surface area contributed by atoms with Gasteiger partial charge in [0.1, 0.15) is 5.82 Å². The van der Waals surface area contributed by atoms with Crippen molar-refractivity contribution in [3.63, 3.8) is 0 Å². The van der Waals surface area contributed by atoms with E-state index >= 15 is 0 Å². The lowest BCUT2D eigenvalue weighted by atomic mass is 10.3. The van der Waals surface area contributed by atoms with Gasteiger partial charge in [0.2, 0.25) is 0 Å². The molecule has 0 fully saturated rings. The van der Waals surface area contributed by atoms with E-state index in [2.05, 4.69) is 45.0 Å². The second-order valence-electron chi connectivity index (χ2n) is 5.01. The first-order chi connectivity index (χ1) is 10.7. The molecule has 5 nitrogen and oxygen atoms in total. The summed E-state index contributed by atoms with van der Waals surface area (Å²) in [4.78, 5) is 12.5. The lowest BCUT2D eigenvalue weighted by Crippen LogP contribution is -2.36. The topological polar surface area (TPSA) is 52.6 Å². The lowest BCUT2D eigenvalue weighted by molar-refractivity contribution is 0.818. The van der Waals surface area contributed by atoms with Gasteiger partial charge in [-0.1, -0.05) is 12.1 Å². The molecular formula is C16H23N5S. The standard InChI is InChI=1S/C16H23N5S/c1-4-17-16(19-12-14-8-6-10-22-14)18-11-13-7-5-9-15(20-13)21(2)3/h5-10H,4,11-12H2,1-3H3,(H2,17,18,19). The van der Waals surface area contributed by atoms with Crippen molar-refractivity contribution in [2.45, 2.75) is 20.0 Å². The molecule has 118 valence electrons. The Kier molecular flexibility index (Phi) is 6.21. The quantitative estimate of drug-likeness (QED) is 0.635. The molecule has 22 heavy (non-hydrogen) atoms. The Bertz CT molecular complexity index is 592. The SMILES string of the molecule is CCNC(=NCc1cccc(N(C)C)n1)NCc1cccs1. The van der Waals surface area contributed by atoms with Crippen LogP contribution in [0.4, 0.5) is 5.82 Å². The smallest absolute Gasteiger partial charge is 0.191 e. The molecule has 0 aromatic carbocycles. The minimum atomic E-state index is 0.557. The Balaban J connectivity index is 1.98. The van der Waals surface area contributed by atoms with Crippen LogP contribution in [0.2, 0.25) is 0 Å². The Morgan fingerprint density at radius 2 is 2.09 bits per heavy atom. The predicted molar refractivity (Wildman–Crippen MR) is 94.5 cm³/mol. The molecule has 2 rings (SSSR count). The fourth-order valence-electron chi connectivity index (χ4n) is 1.89. The minimum absolute atomic E-state index is 0.557. The molecule has 0 aliphatic rings. The zero-order chi connectivity index (χ0) is 15.8. The molecule has 0 unspecified atom stereocenters. The Labute approximate surface area is 136 Å². The molecule has 2 heterocycles. The van der Waals surface area contributed by atoms with Crippen LogP contribution >= 0.6 is 11.3 Å². The van der Waals surface area contributed by atoms with Gasteiger partial charge in [-0.2, -0.15) is 0 Å². The zero-order valence-electron chi connectivity index (χ0n) is 13.3. The van der Waals surface area contributed by atoms with Crippen LogP contribution in [-0.4, -0.2) is 31.6 Å². The molecule has 0 amide bonds. The van der Waals surface area contributed by atoms with Crippen molar-refractivity contribution in [1.29, 1.82) is 0 Å². The number of pyridine rings is 1. The fourth-order valence-corrected chi connectivity index (χ4v) is 2.53. The van der Waals surface area contributed by atoms with Gasteiger partial charge in [-0.05, 0) is 30.5 Å². The number of aromatic nitrogens is 1. The van der Waals surface area contributed by atoms with E-state index < -0.39 is 0 Å². The molecular weight excluding hydrogens is 294 g/mol. The number of rotatable bonds is 6. The van der Waals surface area contributed by atoms with Crippen LogP contribution in [0.3, 0.4) is 0 Å². The van der Waals surface area contributed by atoms with E-state index in [1.807, 2.05) is 37.2 Å². The molecule has 0 saturated heterocycles. The normalized spacial score (nSPS) is 11.3. The van der Waals surface area contributed by atoms with E-state index in [1.165, 1.54) is 4.88 Å². The number of aliphatic imine (C=N–C) groups is 1. The molecule has 0 aliphatic carbocycles. The van der Waals surface area contributed by atoms with E-state index in [4.69, 9.17) is 0 Å². The van der Waals surface area contributed by atoms with Crippen molar-refractivity contribution in [1.82, 2.24) is 15.6 Å². The van der Waals surface area contributed by atoms with E-state index in [0.29, 0.717) is 6.54 Å². The maximum absolute atomic E-state index is 4.60. The highest BCUT2D eigenvalue weighted by Crippen LogP contribution is 2.09. The van der Waals surface area contributed by atoms with Gasteiger partial charge in [0, 0.05) is 25.5 Å². The van der Waals surface area contributed by atoms with Crippen molar-refractivity contribution in [3.8, 4) is 0 Å². The van der Waals surface area contributed by atoms with Crippen molar-refractivity contribution >= 4 is 23.1 Å². The summed E-state index contributed by atoms with van der Waals surface area (Å²) in [7, 11) is 3.98. The minimum Gasteiger partial charge on any atom is -0.363 e. The Morgan fingerprint density at radius 3 is 2.77 bits per heavy atom. The number of nitrogens with one attached hydrogen (secondary N) is 2. The van der Waals surface area contributed by atoms with Gasteiger partial charge >= 0.3 is 0 Å². The first kappa shape index (κ1) is 16.3. The molecule has 0 saturated carbocycles. The third kappa shape index (κ3) is 5.04. The molecule has 0 aliphatic heterocycles. The molecule has 2 aromatic rings. The molecule has 0 bridgehead atoms. The third-order valence-electron chi connectivity index (χ3n) is 3.00. The molecule has 2 aromatic heterocycles. The molecule has 0 radical (unpaired) electrons. The van der Waals surface area contributed by atoms with E-state index in [0.717, 1.165) is 30.6 Å². The summed E-state index contributed by atoms with van der Waals surface area (Å²) < 4.78 is 0. The highest BCUT2D eigenvalue weighted by atomic mass is 32.1. The van der Waals surface area contributed by atoms with Crippen LogP contribution in [0.1, 0.15) is 17.5 Å². The second kappa shape index (κ2) is 8.38.